The van der Waals surface area contributed by atoms with E-state index in [9.17, 15) is 9.59 Å². The Bertz CT molecular complexity index is 796. The Hall–Kier alpha value is -2.90. The van der Waals surface area contributed by atoms with E-state index in [1.54, 1.807) is 24.5 Å². The van der Waals surface area contributed by atoms with Gasteiger partial charge >= 0.3 is 0 Å². The van der Waals surface area contributed by atoms with Crippen molar-refractivity contribution in [3.63, 3.8) is 0 Å². The van der Waals surface area contributed by atoms with E-state index in [4.69, 9.17) is 9.15 Å². The van der Waals surface area contributed by atoms with Crippen LogP contribution in [0, 0.1) is 0 Å². The maximum Gasteiger partial charge on any atom is 0.244 e. The quantitative estimate of drug-likeness (QED) is 0.683. The Morgan fingerprint density at radius 3 is 2.71 bits per heavy atom. The third kappa shape index (κ3) is 6.37. The average Bonchev–Trinajstić information content (AvgIpc) is 3.22. The second kappa shape index (κ2) is 10.4. The molecule has 1 aliphatic rings. The molecule has 7 nitrogen and oxygen atoms in total. The lowest BCUT2D eigenvalue weighted by molar-refractivity contribution is -0.117. The monoisotopic (exact) mass is 383 g/mol. The summed E-state index contributed by atoms with van der Waals surface area (Å²) in [5.74, 6) is 0.200. The Kier molecular flexibility index (Phi) is 7.40. The predicted molar refractivity (Wildman–Crippen MR) is 107 cm³/mol. The highest BCUT2D eigenvalue weighted by Crippen LogP contribution is 2.18. The highest BCUT2D eigenvalue weighted by molar-refractivity contribution is 5.93. The van der Waals surface area contributed by atoms with E-state index in [-0.39, 0.29) is 24.8 Å². The fourth-order valence-corrected chi connectivity index (χ4v) is 2.90. The first kappa shape index (κ1) is 19.9. The SMILES string of the molecule is O=C(/C=C/c1ccco1)NCCC(=O)Nc1ccccc1CN1CCOCC1. The van der Waals surface area contributed by atoms with Crippen LogP contribution in [0.25, 0.3) is 6.08 Å². The van der Waals surface area contributed by atoms with Gasteiger partial charge in [0.1, 0.15) is 5.76 Å². The van der Waals surface area contributed by atoms with Crippen LogP contribution < -0.4 is 10.6 Å². The van der Waals surface area contributed by atoms with Gasteiger partial charge in [-0.15, -0.1) is 0 Å². The second-order valence-corrected chi connectivity index (χ2v) is 6.48. The number of benzene rings is 1. The molecular weight excluding hydrogens is 358 g/mol. The minimum atomic E-state index is -0.267. The van der Waals surface area contributed by atoms with Crippen LogP contribution in [0.15, 0.2) is 53.2 Å². The molecule has 0 saturated carbocycles. The van der Waals surface area contributed by atoms with Gasteiger partial charge in [0.15, 0.2) is 0 Å². The molecule has 7 heteroatoms. The number of carbonyl (C=O) groups excluding carboxylic acids is 2. The molecule has 3 rings (SSSR count). The summed E-state index contributed by atoms with van der Waals surface area (Å²) in [4.78, 5) is 26.3. The predicted octanol–water partition coefficient (Wildman–Crippen LogP) is 2.27. The third-order valence-electron chi connectivity index (χ3n) is 4.38. The molecule has 1 fully saturated rings. The first-order valence-electron chi connectivity index (χ1n) is 9.38. The van der Waals surface area contributed by atoms with Gasteiger partial charge < -0.3 is 19.8 Å². The van der Waals surface area contributed by atoms with Crippen LogP contribution in [0.5, 0.6) is 0 Å². The molecule has 0 unspecified atom stereocenters. The van der Waals surface area contributed by atoms with Crippen molar-refractivity contribution in [3.05, 3.63) is 60.1 Å². The van der Waals surface area contributed by atoms with Crippen molar-refractivity contribution in [2.75, 3.05) is 38.2 Å². The van der Waals surface area contributed by atoms with Gasteiger partial charge in [0.2, 0.25) is 11.8 Å². The molecule has 0 atom stereocenters. The molecule has 1 aliphatic heterocycles. The highest BCUT2D eigenvalue weighted by Gasteiger charge is 2.13. The maximum absolute atomic E-state index is 12.3. The lowest BCUT2D eigenvalue weighted by Crippen LogP contribution is -2.35. The van der Waals surface area contributed by atoms with E-state index < -0.39 is 0 Å². The fraction of sp³-hybridized carbons (Fsp3) is 0.333. The third-order valence-corrected chi connectivity index (χ3v) is 4.38. The molecule has 148 valence electrons. The highest BCUT2D eigenvalue weighted by atomic mass is 16.5. The Labute approximate surface area is 164 Å². The summed E-state index contributed by atoms with van der Waals surface area (Å²) in [6.45, 7) is 4.29. The number of morpholine rings is 1. The number of anilines is 1. The van der Waals surface area contributed by atoms with Crippen LogP contribution in [-0.4, -0.2) is 49.6 Å². The minimum absolute atomic E-state index is 0.134. The molecule has 0 spiro atoms. The van der Waals surface area contributed by atoms with Crippen molar-refractivity contribution in [1.82, 2.24) is 10.2 Å². The van der Waals surface area contributed by atoms with Crippen LogP contribution in [0.4, 0.5) is 5.69 Å². The van der Waals surface area contributed by atoms with Crippen LogP contribution in [0.3, 0.4) is 0 Å². The summed E-state index contributed by atoms with van der Waals surface area (Å²) in [6.07, 6.45) is 4.71. The lowest BCUT2D eigenvalue weighted by Gasteiger charge is -2.27. The molecule has 2 amide bonds. The molecule has 0 radical (unpaired) electrons. The van der Waals surface area contributed by atoms with E-state index in [2.05, 4.69) is 15.5 Å². The van der Waals surface area contributed by atoms with Gasteiger partial charge in [0.25, 0.3) is 0 Å². The fourth-order valence-electron chi connectivity index (χ4n) is 2.90. The van der Waals surface area contributed by atoms with E-state index in [0.717, 1.165) is 44.1 Å². The number of ether oxygens (including phenoxy) is 1. The van der Waals surface area contributed by atoms with Crippen molar-refractivity contribution in [2.45, 2.75) is 13.0 Å². The molecule has 2 heterocycles. The zero-order chi connectivity index (χ0) is 19.6. The van der Waals surface area contributed by atoms with Gasteiger partial charge in [-0.25, -0.2) is 0 Å². The average molecular weight is 383 g/mol. The number of hydrogen-bond donors (Lipinski definition) is 2. The van der Waals surface area contributed by atoms with E-state index in [1.807, 2.05) is 24.3 Å². The van der Waals surface area contributed by atoms with Gasteiger partial charge in [-0.05, 0) is 29.8 Å². The molecule has 2 N–H and O–H groups in total. The molecule has 2 aromatic rings. The molecule has 28 heavy (non-hydrogen) atoms. The summed E-state index contributed by atoms with van der Waals surface area (Å²) in [6, 6.07) is 11.3. The van der Waals surface area contributed by atoms with Crippen LogP contribution in [0.1, 0.15) is 17.7 Å². The topological polar surface area (TPSA) is 83.8 Å². The second-order valence-electron chi connectivity index (χ2n) is 6.48. The number of nitrogens with zero attached hydrogens (tertiary/aromatic N) is 1. The maximum atomic E-state index is 12.3. The van der Waals surface area contributed by atoms with Crippen LogP contribution in [-0.2, 0) is 20.9 Å². The number of rotatable bonds is 8. The Morgan fingerprint density at radius 1 is 1.11 bits per heavy atom. The molecule has 1 aromatic heterocycles. The van der Waals surface area contributed by atoms with Crippen molar-refractivity contribution in [1.29, 1.82) is 0 Å². The van der Waals surface area contributed by atoms with E-state index in [1.165, 1.54) is 6.08 Å². The number of furan rings is 1. The van der Waals surface area contributed by atoms with Crippen LogP contribution in [0.2, 0.25) is 0 Å². The molecule has 1 aromatic carbocycles. The molecule has 1 saturated heterocycles. The van der Waals surface area contributed by atoms with Gasteiger partial charge in [-0.1, -0.05) is 18.2 Å². The number of amides is 2. The van der Waals surface area contributed by atoms with E-state index >= 15 is 0 Å². The smallest absolute Gasteiger partial charge is 0.244 e. The number of nitrogens with one attached hydrogen (secondary N) is 2. The normalized spacial score (nSPS) is 14.9. The molecule has 0 bridgehead atoms. The number of hydrogen-bond acceptors (Lipinski definition) is 5. The summed E-state index contributed by atoms with van der Waals surface area (Å²) in [5, 5.41) is 5.64. The standard InChI is InChI=1S/C21H25N3O4/c25-20(8-7-18-5-3-13-28-18)22-10-9-21(26)23-19-6-2-1-4-17(19)16-24-11-14-27-15-12-24/h1-8,13H,9-12,14-16H2,(H,22,25)(H,23,26)/b8-7+. The number of para-hydroxylation sites is 1. The summed E-state index contributed by atoms with van der Waals surface area (Å²) in [7, 11) is 0. The zero-order valence-corrected chi connectivity index (χ0v) is 15.7. The van der Waals surface area contributed by atoms with Gasteiger partial charge in [-0.3, -0.25) is 14.5 Å². The van der Waals surface area contributed by atoms with Crippen molar-refractivity contribution in [3.8, 4) is 0 Å². The van der Waals surface area contributed by atoms with Crippen LogP contribution >= 0.6 is 0 Å². The summed E-state index contributed by atoms with van der Waals surface area (Å²) >= 11 is 0. The number of carbonyl (C=O) groups is 2. The van der Waals surface area contributed by atoms with Crippen molar-refractivity contribution < 1.29 is 18.7 Å². The lowest BCUT2D eigenvalue weighted by atomic mass is 10.1. The van der Waals surface area contributed by atoms with Gasteiger partial charge in [0, 0.05) is 44.4 Å². The first-order chi connectivity index (χ1) is 13.7. The van der Waals surface area contributed by atoms with Crippen molar-refractivity contribution in [2.24, 2.45) is 0 Å². The van der Waals surface area contributed by atoms with E-state index in [0.29, 0.717) is 5.76 Å². The summed E-state index contributed by atoms with van der Waals surface area (Å²) in [5.41, 5.74) is 1.88. The molecular formula is C21H25N3O4. The van der Waals surface area contributed by atoms with Crippen molar-refractivity contribution >= 4 is 23.6 Å². The Balaban J connectivity index is 1.43. The largest absolute Gasteiger partial charge is 0.465 e. The minimum Gasteiger partial charge on any atom is -0.465 e. The zero-order valence-electron chi connectivity index (χ0n) is 15.7. The first-order valence-corrected chi connectivity index (χ1v) is 9.38. The van der Waals surface area contributed by atoms with Gasteiger partial charge in [-0.2, -0.15) is 0 Å². The Morgan fingerprint density at radius 2 is 1.93 bits per heavy atom. The summed E-state index contributed by atoms with van der Waals surface area (Å²) < 4.78 is 10.5. The van der Waals surface area contributed by atoms with Gasteiger partial charge in [0.05, 0.1) is 19.5 Å². The molecule has 0 aliphatic carbocycles.